The molecule has 0 unspecified atom stereocenters. The largest absolute Gasteiger partial charge is 0.461 e. The lowest BCUT2D eigenvalue weighted by atomic mass is 10.1. The van der Waals surface area contributed by atoms with Crippen LogP contribution in [0.5, 0.6) is 0 Å². The SMILES string of the molecule is c1coc(-c2ncc3c(n2)CCN(Cc2ncco2)C3)c1. The molecule has 3 aromatic heterocycles. The van der Waals surface area contributed by atoms with Gasteiger partial charge in [0.1, 0.15) is 6.26 Å². The Morgan fingerprint density at radius 1 is 1.19 bits per heavy atom. The maximum absolute atomic E-state index is 5.35. The maximum Gasteiger partial charge on any atom is 0.208 e. The van der Waals surface area contributed by atoms with Crippen molar-refractivity contribution in [1.29, 1.82) is 0 Å². The first-order valence-corrected chi connectivity index (χ1v) is 6.88. The Hall–Kier alpha value is -2.47. The lowest BCUT2D eigenvalue weighted by molar-refractivity contribution is 0.219. The normalized spacial score (nSPS) is 15.0. The van der Waals surface area contributed by atoms with E-state index < -0.39 is 0 Å². The number of rotatable bonds is 3. The van der Waals surface area contributed by atoms with E-state index in [0.717, 1.165) is 36.7 Å². The van der Waals surface area contributed by atoms with Gasteiger partial charge in [0, 0.05) is 31.3 Å². The number of oxazole rings is 1. The first-order valence-electron chi connectivity index (χ1n) is 6.88. The van der Waals surface area contributed by atoms with Crippen LogP contribution in [0, 0.1) is 0 Å². The molecule has 6 heteroatoms. The minimum absolute atomic E-state index is 0.653. The van der Waals surface area contributed by atoms with Crippen molar-refractivity contribution in [3.63, 3.8) is 0 Å². The number of aromatic nitrogens is 3. The molecule has 0 saturated heterocycles. The fourth-order valence-corrected chi connectivity index (χ4v) is 2.56. The van der Waals surface area contributed by atoms with E-state index in [1.807, 2.05) is 18.3 Å². The summed E-state index contributed by atoms with van der Waals surface area (Å²) in [7, 11) is 0. The van der Waals surface area contributed by atoms with Crippen LogP contribution in [0.3, 0.4) is 0 Å². The van der Waals surface area contributed by atoms with Gasteiger partial charge < -0.3 is 8.83 Å². The van der Waals surface area contributed by atoms with Crippen molar-refractivity contribution >= 4 is 0 Å². The highest BCUT2D eigenvalue weighted by Gasteiger charge is 2.20. The Morgan fingerprint density at radius 3 is 3.00 bits per heavy atom. The quantitative estimate of drug-likeness (QED) is 0.734. The van der Waals surface area contributed by atoms with Crippen molar-refractivity contribution < 1.29 is 8.83 Å². The summed E-state index contributed by atoms with van der Waals surface area (Å²) in [6.07, 6.45) is 7.70. The second-order valence-electron chi connectivity index (χ2n) is 5.03. The third-order valence-corrected chi connectivity index (χ3v) is 3.60. The molecule has 0 aromatic carbocycles. The van der Waals surface area contributed by atoms with Gasteiger partial charge in [-0.15, -0.1) is 0 Å². The Balaban J connectivity index is 1.54. The zero-order chi connectivity index (χ0) is 14.1. The summed E-state index contributed by atoms with van der Waals surface area (Å²) in [6, 6.07) is 3.72. The first-order chi connectivity index (χ1) is 10.4. The topological polar surface area (TPSA) is 68.2 Å². The first kappa shape index (κ1) is 12.3. The third kappa shape index (κ3) is 2.45. The minimum Gasteiger partial charge on any atom is -0.461 e. The summed E-state index contributed by atoms with van der Waals surface area (Å²) < 4.78 is 10.6. The molecule has 4 rings (SSSR count). The highest BCUT2D eigenvalue weighted by atomic mass is 16.3. The fourth-order valence-electron chi connectivity index (χ4n) is 2.56. The van der Waals surface area contributed by atoms with E-state index in [4.69, 9.17) is 8.83 Å². The average Bonchev–Trinajstić information content (AvgIpc) is 3.20. The van der Waals surface area contributed by atoms with E-state index in [1.165, 1.54) is 0 Å². The number of furan rings is 1. The predicted octanol–water partition coefficient (Wildman–Crippen LogP) is 2.28. The van der Waals surface area contributed by atoms with Crippen LogP contribution in [0.2, 0.25) is 0 Å². The zero-order valence-electron chi connectivity index (χ0n) is 11.4. The van der Waals surface area contributed by atoms with Gasteiger partial charge in [0.15, 0.2) is 11.6 Å². The summed E-state index contributed by atoms with van der Waals surface area (Å²) in [5.74, 6) is 2.10. The van der Waals surface area contributed by atoms with Crippen molar-refractivity contribution in [3.8, 4) is 11.6 Å². The van der Waals surface area contributed by atoms with Crippen molar-refractivity contribution in [2.75, 3.05) is 6.54 Å². The molecule has 0 fully saturated rings. The lowest BCUT2D eigenvalue weighted by Crippen LogP contribution is -2.31. The van der Waals surface area contributed by atoms with E-state index in [-0.39, 0.29) is 0 Å². The highest BCUT2D eigenvalue weighted by molar-refractivity contribution is 5.46. The Labute approximate surface area is 121 Å². The van der Waals surface area contributed by atoms with Crippen molar-refractivity contribution in [2.24, 2.45) is 0 Å². The minimum atomic E-state index is 0.653. The van der Waals surface area contributed by atoms with E-state index in [9.17, 15) is 0 Å². The van der Waals surface area contributed by atoms with Crippen LogP contribution in [0.15, 0.2) is 45.9 Å². The van der Waals surface area contributed by atoms with Crippen LogP contribution in [-0.4, -0.2) is 26.4 Å². The van der Waals surface area contributed by atoms with Crippen molar-refractivity contribution in [3.05, 3.63) is 54.2 Å². The average molecular weight is 282 g/mol. The van der Waals surface area contributed by atoms with Gasteiger partial charge in [-0.3, -0.25) is 4.90 Å². The smallest absolute Gasteiger partial charge is 0.208 e. The van der Waals surface area contributed by atoms with Gasteiger partial charge >= 0.3 is 0 Å². The molecule has 3 aromatic rings. The number of fused-ring (bicyclic) bond motifs is 1. The van der Waals surface area contributed by atoms with Crippen molar-refractivity contribution in [1.82, 2.24) is 19.9 Å². The summed E-state index contributed by atoms with van der Waals surface area (Å²) >= 11 is 0. The van der Waals surface area contributed by atoms with Gasteiger partial charge in [-0.05, 0) is 12.1 Å². The summed E-state index contributed by atoms with van der Waals surface area (Å²) in [6.45, 7) is 2.46. The molecular formula is C15H14N4O2. The molecule has 1 aliphatic heterocycles. The molecule has 0 saturated carbocycles. The van der Waals surface area contributed by atoms with Gasteiger partial charge in [-0.1, -0.05) is 0 Å². The number of nitrogens with zero attached hydrogens (tertiary/aromatic N) is 4. The molecular weight excluding hydrogens is 268 g/mol. The Morgan fingerprint density at radius 2 is 2.19 bits per heavy atom. The third-order valence-electron chi connectivity index (χ3n) is 3.60. The Bertz CT molecular complexity index is 722. The molecule has 0 aliphatic carbocycles. The lowest BCUT2D eigenvalue weighted by Gasteiger charge is -2.26. The molecule has 1 aliphatic rings. The molecule has 0 spiro atoms. The van der Waals surface area contributed by atoms with E-state index in [1.54, 1.807) is 18.7 Å². The van der Waals surface area contributed by atoms with Gasteiger partial charge in [-0.2, -0.15) is 0 Å². The monoisotopic (exact) mass is 282 g/mol. The zero-order valence-corrected chi connectivity index (χ0v) is 11.4. The second kappa shape index (κ2) is 5.14. The van der Waals surface area contributed by atoms with Crippen LogP contribution < -0.4 is 0 Å². The summed E-state index contributed by atoms with van der Waals surface area (Å²) in [5.41, 5.74) is 2.25. The van der Waals surface area contributed by atoms with Crippen LogP contribution in [0.1, 0.15) is 17.1 Å². The Kier molecular flexibility index (Phi) is 3.01. The van der Waals surface area contributed by atoms with Crippen LogP contribution in [-0.2, 0) is 19.5 Å². The fraction of sp³-hybridized carbons (Fsp3) is 0.267. The van der Waals surface area contributed by atoms with Gasteiger partial charge in [0.05, 0.1) is 24.7 Å². The van der Waals surface area contributed by atoms with Crippen molar-refractivity contribution in [2.45, 2.75) is 19.5 Å². The molecule has 0 N–H and O–H groups in total. The van der Waals surface area contributed by atoms with Gasteiger partial charge in [-0.25, -0.2) is 15.0 Å². The molecule has 6 nitrogen and oxygen atoms in total. The standard InChI is InChI=1S/C15H14N4O2/c1-2-13(20-6-1)15-17-8-11-9-19(5-3-12(11)18-15)10-14-16-4-7-21-14/h1-2,4,6-8H,3,5,9-10H2. The van der Waals surface area contributed by atoms with Gasteiger partial charge in [0.25, 0.3) is 0 Å². The predicted molar refractivity (Wildman–Crippen MR) is 74.1 cm³/mol. The van der Waals surface area contributed by atoms with Crippen LogP contribution in [0.25, 0.3) is 11.6 Å². The second-order valence-corrected chi connectivity index (χ2v) is 5.03. The summed E-state index contributed by atoms with van der Waals surface area (Å²) in [5, 5.41) is 0. The van der Waals surface area contributed by atoms with Crippen LogP contribution >= 0.6 is 0 Å². The molecule has 106 valence electrons. The molecule has 4 heterocycles. The highest BCUT2D eigenvalue weighted by Crippen LogP contribution is 2.22. The summed E-state index contributed by atoms with van der Waals surface area (Å²) in [4.78, 5) is 15.5. The van der Waals surface area contributed by atoms with E-state index in [2.05, 4.69) is 19.9 Å². The molecule has 0 amide bonds. The molecule has 0 radical (unpaired) electrons. The molecule has 21 heavy (non-hydrogen) atoms. The van der Waals surface area contributed by atoms with Gasteiger partial charge in [0.2, 0.25) is 5.89 Å². The molecule has 0 atom stereocenters. The number of hydrogen-bond donors (Lipinski definition) is 0. The van der Waals surface area contributed by atoms with E-state index in [0.29, 0.717) is 18.1 Å². The molecule has 0 bridgehead atoms. The maximum atomic E-state index is 5.35. The van der Waals surface area contributed by atoms with Crippen LogP contribution in [0.4, 0.5) is 0 Å². The number of hydrogen-bond acceptors (Lipinski definition) is 6. The van der Waals surface area contributed by atoms with E-state index >= 15 is 0 Å².